The Hall–Kier alpha value is -2.47. The number of phenols is 1. The molecule has 1 aromatic carbocycles. The van der Waals surface area contributed by atoms with E-state index in [-0.39, 0.29) is 5.75 Å². The topological polar surface area (TPSA) is 93.8 Å². The molecule has 2 rings (SSSR count). The fraction of sp³-hybridized carbons (Fsp3) is 0.286. The van der Waals surface area contributed by atoms with Crippen molar-refractivity contribution < 1.29 is 20.4 Å². The van der Waals surface area contributed by atoms with Gasteiger partial charge in [-0.15, -0.1) is 6.58 Å². The Morgan fingerprint density at radius 3 is 2.54 bits per heavy atom. The molecule has 4 N–H and O–H groups in total. The van der Waals surface area contributed by atoms with Gasteiger partial charge in [0.1, 0.15) is 5.75 Å². The lowest BCUT2D eigenvalue weighted by Gasteiger charge is -2.23. The highest BCUT2D eigenvalue weighted by Gasteiger charge is 2.23. The quantitative estimate of drug-likeness (QED) is 0.519. The zero-order chi connectivity index (χ0) is 18.9. The van der Waals surface area contributed by atoms with Crippen LogP contribution in [0.1, 0.15) is 24.1 Å². The second-order valence-electron chi connectivity index (χ2n) is 6.15. The highest BCUT2D eigenvalue weighted by molar-refractivity contribution is 5.80. The number of pyridine rings is 1. The summed E-state index contributed by atoms with van der Waals surface area (Å²) in [5.41, 5.74) is 2.51. The van der Waals surface area contributed by atoms with Gasteiger partial charge in [0.2, 0.25) is 0 Å². The maximum atomic E-state index is 10.4. The molecule has 0 aliphatic rings. The van der Waals surface area contributed by atoms with Gasteiger partial charge >= 0.3 is 0 Å². The van der Waals surface area contributed by atoms with Gasteiger partial charge in [-0.25, -0.2) is 0 Å². The number of rotatable bonds is 9. The zero-order valence-corrected chi connectivity index (χ0v) is 14.6. The molecule has 1 heterocycles. The van der Waals surface area contributed by atoms with Gasteiger partial charge in [0.15, 0.2) is 0 Å². The van der Waals surface area contributed by atoms with Crippen LogP contribution in [0, 0.1) is 5.92 Å². The van der Waals surface area contributed by atoms with Crippen LogP contribution in [0.15, 0.2) is 61.3 Å². The number of aromatic nitrogens is 1. The number of phenolic OH excluding ortho intramolecular Hbond substituents is 1. The molecule has 5 heteroatoms. The SMILES string of the molecule is C=C[C@@H]([C@H](O)CO)[C@H](O)CC/C(=C/c1cccc(O)c1)c1ccccn1. The van der Waals surface area contributed by atoms with Crippen molar-refractivity contribution in [2.75, 3.05) is 6.61 Å². The van der Waals surface area contributed by atoms with Gasteiger partial charge < -0.3 is 20.4 Å². The molecule has 0 unspecified atom stereocenters. The molecule has 0 saturated heterocycles. The predicted octanol–water partition coefficient (Wildman–Crippen LogP) is 2.62. The van der Waals surface area contributed by atoms with Gasteiger partial charge in [-0.1, -0.05) is 24.3 Å². The van der Waals surface area contributed by atoms with Crippen LogP contribution in [0.3, 0.4) is 0 Å². The summed E-state index contributed by atoms with van der Waals surface area (Å²) in [6.07, 6.45) is 4.07. The Balaban J connectivity index is 2.21. The summed E-state index contributed by atoms with van der Waals surface area (Å²) >= 11 is 0. The third kappa shape index (κ3) is 5.52. The summed E-state index contributed by atoms with van der Waals surface area (Å²) in [5, 5.41) is 39.0. The number of aliphatic hydroxyl groups is 3. The Morgan fingerprint density at radius 1 is 1.12 bits per heavy atom. The highest BCUT2D eigenvalue weighted by Crippen LogP contribution is 2.26. The summed E-state index contributed by atoms with van der Waals surface area (Å²) < 4.78 is 0. The van der Waals surface area contributed by atoms with Crippen LogP contribution in [0.5, 0.6) is 5.75 Å². The molecule has 0 bridgehead atoms. The summed E-state index contributed by atoms with van der Waals surface area (Å²) in [4.78, 5) is 4.37. The monoisotopic (exact) mass is 355 g/mol. The third-order valence-corrected chi connectivity index (χ3v) is 4.26. The summed E-state index contributed by atoms with van der Waals surface area (Å²) in [5.74, 6) is -0.428. The van der Waals surface area contributed by atoms with Crippen LogP contribution < -0.4 is 0 Å². The normalized spacial score (nSPS) is 15.3. The molecular formula is C21H25NO4. The Morgan fingerprint density at radius 2 is 1.92 bits per heavy atom. The maximum absolute atomic E-state index is 10.4. The molecule has 0 aliphatic heterocycles. The van der Waals surface area contributed by atoms with E-state index in [2.05, 4.69) is 11.6 Å². The van der Waals surface area contributed by atoms with Crippen molar-refractivity contribution in [3.05, 3.63) is 72.6 Å². The van der Waals surface area contributed by atoms with E-state index in [1.165, 1.54) is 6.08 Å². The van der Waals surface area contributed by atoms with Crippen molar-refractivity contribution in [1.82, 2.24) is 4.98 Å². The maximum Gasteiger partial charge on any atom is 0.116 e. The van der Waals surface area contributed by atoms with Gasteiger partial charge in [0.25, 0.3) is 0 Å². The van der Waals surface area contributed by atoms with Gasteiger partial charge in [-0.3, -0.25) is 4.98 Å². The first-order valence-electron chi connectivity index (χ1n) is 8.55. The van der Waals surface area contributed by atoms with Gasteiger partial charge in [-0.2, -0.15) is 0 Å². The van der Waals surface area contributed by atoms with Crippen molar-refractivity contribution in [3.8, 4) is 5.75 Å². The Labute approximate surface area is 153 Å². The van der Waals surface area contributed by atoms with Crippen LogP contribution >= 0.6 is 0 Å². The second kappa shape index (κ2) is 9.87. The lowest BCUT2D eigenvalue weighted by molar-refractivity contribution is 0.00256. The first-order chi connectivity index (χ1) is 12.5. The number of allylic oxidation sites excluding steroid dienone is 1. The fourth-order valence-corrected chi connectivity index (χ4v) is 2.83. The van der Waals surface area contributed by atoms with Crippen molar-refractivity contribution in [2.45, 2.75) is 25.0 Å². The number of nitrogens with zero attached hydrogens (tertiary/aromatic N) is 1. The predicted molar refractivity (Wildman–Crippen MR) is 102 cm³/mol. The van der Waals surface area contributed by atoms with E-state index in [1.54, 1.807) is 24.4 Å². The minimum atomic E-state index is -1.05. The first-order valence-corrected chi connectivity index (χ1v) is 8.55. The van der Waals surface area contributed by atoms with Crippen molar-refractivity contribution in [2.24, 2.45) is 5.92 Å². The number of benzene rings is 1. The van der Waals surface area contributed by atoms with Gasteiger partial charge in [0.05, 0.1) is 24.5 Å². The summed E-state index contributed by atoms with van der Waals surface area (Å²) in [6, 6.07) is 12.5. The lowest BCUT2D eigenvalue weighted by Crippen LogP contribution is -2.32. The number of aromatic hydroxyl groups is 1. The smallest absolute Gasteiger partial charge is 0.116 e. The third-order valence-electron chi connectivity index (χ3n) is 4.26. The highest BCUT2D eigenvalue weighted by atomic mass is 16.3. The van der Waals surface area contributed by atoms with Crippen LogP contribution in [0.4, 0.5) is 0 Å². The van der Waals surface area contributed by atoms with Crippen molar-refractivity contribution in [3.63, 3.8) is 0 Å². The van der Waals surface area contributed by atoms with E-state index in [1.807, 2.05) is 30.3 Å². The minimum Gasteiger partial charge on any atom is -0.508 e. The second-order valence-corrected chi connectivity index (χ2v) is 6.15. The fourth-order valence-electron chi connectivity index (χ4n) is 2.83. The molecule has 0 amide bonds. The van der Waals surface area contributed by atoms with E-state index in [0.29, 0.717) is 12.8 Å². The number of hydrogen-bond donors (Lipinski definition) is 4. The molecule has 0 fully saturated rings. The van der Waals surface area contributed by atoms with Gasteiger partial charge in [0, 0.05) is 12.1 Å². The zero-order valence-electron chi connectivity index (χ0n) is 14.6. The Bertz CT molecular complexity index is 730. The van der Waals surface area contributed by atoms with E-state index < -0.39 is 24.7 Å². The molecule has 1 aromatic heterocycles. The molecule has 3 atom stereocenters. The standard InChI is InChI=1S/C21H25NO4/c1-2-18(21(26)14-23)20(25)10-9-16(19-8-3-4-11-22-19)12-15-6-5-7-17(24)13-15/h2-8,11-13,18,20-21,23-26H,1,9-10,14H2/b16-12-/t18-,20-,21-/m1/s1. The van der Waals surface area contributed by atoms with Crippen molar-refractivity contribution >= 4 is 11.6 Å². The van der Waals surface area contributed by atoms with Crippen LogP contribution in [0.25, 0.3) is 11.6 Å². The largest absolute Gasteiger partial charge is 0.508 e. The number of hydrogen-bond acceptors (Lipinski definition) is 5. The van der Waals surface area contributed by atoms with Crippen LogP contribution in [-0.4, -0.2) is 44.2 Å². The van der Waals surface area contributed by atoms with Crippen LogP contribution in [0.2, 0.25) is 0 Å². The molecule has 0 aliphatic carbocycles. The molecule has 26 heavy (non-hydrogen) atoms. The van der Waals surface area contributed by atoms with E-state index >= 15 is 0 Å². The van der Waals surface area contributed by atoms with E-state index in [4.69, 9.17) is 5.11 Å². The molecular weight excluding hydrogens is 330 g/mol. The van der Waals surface area contributed by atoms with Gasteiger partial charge in [-0.05, 0) is 54.3 Å². The van der Waals surface area contributed by atoms with Crippen LogP contribution in [-0.2, 0) is 0 Å². The van der Waals surface area contributed by atoms with E-state index in [0.717, 1.165) is 16.8 Å². The average Bonchev–Trinajstić information content (AvgIpc) is 2.66. The average molecular weight is 355 g/mol. The molecule has 2 aromatic rings. The van der Waals surface area contributed by atoms with Crippen molar-refractivity contribution in [1.29, 1.82) is 0 Å². The summed E-state index contributed by atoms with van der Waals surface area (Å²) in [6.45, 7) is 3.20. The minimum absolute atomic E-state index is 0.178. The Kier molecular flexibility index (Phi) is 7.53. The molecule has 0 radical (unpaired) electrons. The molecule has 0 spiro atoms. The summed E-state index contributed by atoms with van der Waals surface area (Å²) in [7, 11) is 0. The molecule has 5 nitrogen and oxygen atoms in total. The number of aliphatic hydroxyl groups excluding tert-OH is 3. The first kappa shape index (κ1) is 19.8. The molecule has 138 valence electrons. The molecule has 0 saturated carbocycles. The van der Waals surface area contributed by atoms with E-state index in [9.17, 15) is 15.3 Å². The lowest BCUT2D eigenvalue weighted by atomic mass is 9.91.